The van der Waals surface area contributed by atoms with Crippen molar-refractivity contribution in [2.45, 2.75) is 19.8 Å². The minimum absolute atomic E-state index is 0.0234. The van der Waals surface area contributed by atoms with E-state index in [0.29, 0.717) is 0 Å². The predicted octanol–water partition coefficient (Wildman–Crippen LogP) is 2.01. The molecule has 0 fully saturated rings. The third-order valence-electron chi connectivity index (χ3n) is 2.26. The number of methoxy groups -OCH3 is 1. The van der Waals surface area contributed by atoms with Crippen molar-refractivity contribution in [3.05, 3.63) is 23.0 Å². The molecule has 1 heterocycles. The number of nitriles is 1. The lowest BCUT2D eigenvalue weighted by atomic mass is 10.1. The summed E-state index contributed by atoms with van der Waals surface area (Å²) in [6.45, 7) is 1.81. The smallest absolute Gasteiger partial charge is 0.312 e. The Hall–Kier alpha value is -2.23. The van der Waals surface area contributed by atoms with Gasteiger partial charge in [-0.2, -0.15) is 5.26 Å². The Morgan fingerprint density at radius 2 is 2.26 bits per heavy atom. The van der Waals surface area contributed by atoms with E-state index in [2.05, 4.69) is 4.98 Å². The number of ether oxygens (including phenoxy) is 2. The van der Waals surface area contributed by atoms with Gasteiger partial charge in [-0.25, -0.2) is 13.8 Å². The van der Waals surface area contributed by atoms with Gasteiger partial charge in [0.2, 0.25) is 0 Å². The lowest BCUT2D eigenvalue weighted by molar-refractivity contribution is -0.142. The van der Waals surface area contributed by atoms with Crippen molar-refractivity contribution in [2.75, 3.05) is 13.7 Å². The zero-order valence-electron chi connectivity index (χ0n) is 10.4. The molecule has 0 aromatic carbocycles. The molecule has 1 aromatic heterocycles. The molecule has 1 rings (SSSR count). The van der Waals surface area contributed by atoms with E-state index in [1.54, 1.807) is 13.0 Å². The van der Waals surface area contributed by atoms with Crippen LogP contribution in [0.1, 0.15) is 30.3 Å². The molecule has 0 aliphatic carbocycles. The van der Waals surface area contributed by atoms with E-state index in [0.717, 1.165) is 6.07 Å². The number of esters is 1. The fraction of sp³-hybridized carbons (Fsp3) is 0.417. The SMILES string of the molecule is CCOC(=O)Cc1nc(C(F)F)c(C#N)cc1OC. The Kier molecular flexibility index (Phi) is 5.18. The van der Waals surface area contributed by atoms with E-state index in [-0.39, 0.29) is 30.0 Å². The summed E-state index contributed by atoms with van der Waals surface area (Å²) in [4.78, 5) is 15.0. The van der Waals surface area contributed by atoms with Gasteiger partial charge in [-0.15, -0.1) is 0 Å². The molecule has 0 bridgehead atoms. The number of nitrogens with zero attached hydrogens (tertiary/aromatic N) is 2. The van der Waals surface area contributed by atoms with Crippen molar-refractivity contribution in [1.82, 2.24) is 4.98 Å². The van der Waals surface area contributed by atoms with Crippen molar-refractivity contribution in [3.8, 4) is 11.8 Å². The molecule has 0 spiro atoms. The van der Waals surface area contributed by atoms with Gasteiger partial charge in [0.1, 0.15) is 17.5 Å². The van der Waals surface area contributed by atoms with Crippen molar-refractivity contribution in [2.24, 2.45) is 0 Å². The zero-order valence-corrected chi connectivity index (χ0v) is 10.4. The summed E-state index contributed by atoms with van der Waals surface area (Å²) in [7, 11) is 1.30. The first-order valence-corrected chi connectivity index (χ1v) is 5.45. The van der Waals surface area contributed by atoms with Crippen LogP contribution in [0, 0.1) is 11.3 Å². The van der Waals surface area contributed by atoms with Crippen LogP contribution < -0.4 is 4.74 Å². The summed E-state index contributed by atoms with van der Waals surface area (Å²) >= 11 is 0. The van der Waals surface area contributed by atoms with Crippen LogP contribution in [0.2, 0.25) is 0 Å². The van der Waals surface area contributed by atoms with Gasteiger partial charge >= 0.3 is 5.97 Å². The monoisotopic (exact) mass is 270 g/mol. The molecule has 0 atom stereocenters. The van der Waals surface area contributed by atoms with Crippen LogP contribution in [0.15, 0.2) is 6.07 Å². The number of carbonyl (C=O) groups excluding carboxylic acids is 1. The minimum atomic E-state index is -2.90. The number of hydrogen-bond acceptors (Lipinski definition) is 5. The molecule has 0 aliphatic rings. The van der Waals surface area contributed by atoms with Gasteiger partial charge < -0.3 is 9.47 Å². The molecule has 0 saturated carbocycles. The molecule has 1 aromatic rings. The Morgan fingerprint density at radius 3 is 2.74 bits per heavy atom. The molecule has 19 heavy (non-hydrogen) atoms. The second kappa shape index (κ2) is 6.64. The van der Waals surface area contributed by atoms with E-state index in [1.165, 1.54) is 7.11 Å². The molecule has 0 N–H and O–H groups in total. The van der Waals surface area contributed by atoms with E-state index >= 15 is 0 Å². The molecule has 7 heteroatoms. The summed E-state index contributed by atoms with van der Waals surface area (Å²) in [6, 6.07) is 2.76. The molecule has 0 radical (unpaired) electrons. The third kappa shape index (κ3) is 3.61. The molecule has 102 valence electrons. The standard InChI is InChI=1S/C12H12F2N2O3/c1-3-19-10(17)5-8-9(18-2)4-7(6-15)11(16-8)12(13)14/h4,12H,3,5H2,1-2H3. The van der Waals surface area contributed by atoms with Crippen molar-refractivity contribution in [1.29, 1.82) is 5.26 Å². The van der Waals surface area contributed by atoms with Crippen LogP contribution >= 0.6 is 0 Å². The van der Waals surface area contributed by atoms with Crippen LogP contribution in [0.5, 0.6) is 5.75 Å². The van der Waals surface area contributed by atoms with E-state index in [4.69, 9.17) is 14.7 Å². The number of aromatic nitrogens is 1. The van der Waals surface area contributed by atoms with Gasteiger partial charge in [0.05, 0.1) is 31.4 Å². The number of alkyl halides is 2. The first-order valence-electron chi connectivity index (χ1n) is 5.45. The maximum absolute atomic E-state index is 12.7. The Labute approximate surface area is 108 Å². The van der Waals surface area contributed by atoms with Gasteiger partial charge in [-0.05, 0) is 6.92 Å². The average molecular weight is 270 g/mol. The molecular weight excluding hydrogens is 258 g/mol. The third-order valence-corrected chi connectivity index (χ3v) is 2.26. The summed E-state index contributed by atoms with van der Waals surface area (Å²) in [5, 5.41) is 8.77. The predicted molar refractivity (Wildman–Crippen MR) is 60.8 cm³/mol. The maximum atomic E-state index is 12.7. The Balaban J connectivity index is 3.19. The van der Waals surface area contributed by atoms with Crippen LogP contribution in [-0.4, -0.2) is 24.7 Å². The summed E-state index contributed by atoms with van der Waals surface area (Å²) < 4.78 is 35.1. The number of hydrogen-bond donors (Lipinski definition) is 0. The number of carbonyl (C=O) groups is 1. The summed E-state index contributed by atoms with van der Waals surface area (Å²) in [5.41, 5.74) is -0.919. The number of pyridine rings is 1. The van der Waals surface area contributed by atoms with Crippen molar-refractivity contribution >= 4 is 5.97 Å². The molecule has 0 amide bonds. The molecule has 0 aliphatic heterocycles. The first-order chi connectivity index (χ1) is 9.03. The highest BCUT2D eigenvalue weighted by atomic mass is 19.3. The highest BCUT2D eigenvalue weighted by Gasteiger charge is 2.21. The fourth-order valence-electron chi connectivity index (χ4n) is 1.46. The van der Waals surface area contributed by atoms with Crippen LogP contribution in [-0.2, 0) is 16.0 Å². The number of rotatable bonds is 5. The van der Waals surface area contributed by atoms with Gasteiger partial charge in [0.25, 0.3) is 6.43 Å². The van der Waals surface area contributed by atoms with Crippen LogP contribution in [0.4, 0.5) is 8.78 Å². The molecular formula is C12H12F2N2O3. The van der Waals surface area contributed by atoms with Crippen molar-refractivity contribution < 1.29 is 23.0 Å². The number of halogens is 2. The van der Waals surface area contributed by atoms with E-state index in [1.807, 2.05) is 0 Å². The summed E-state index contributed by atoms with van der Waals surface area (Å²) in [5.74, 6) is -0.493. The average Bonchev–Trinajstić information content (AvgIpc) is 2.38. The molecule has 0 unspecified atom stereocenters. The van der Waals surface area contributed by atoms with Gasteiger partial charge in [-0.3, -0.25) is 4.79 Å². The van der Waals surface area contributed by atoms with Gasteiger partial charge in [0, 0.05) is 6.07 Å². The topological polar surface area (TPSA) is 72.2 Å². The molecule has 0 saturated heterocycles. The second-order valence-electron chi connectivity index (χ2n) is 3.46. The van der Waals surface area contributed by atoms with Gasteiger partial charge in [0.15, 0.2) is 0 Å². The minimum Gasteiger partial charge on any atom is -0.495 e. The second-order valence-corrected chi connectivity index (χ2v) is 3.46. The van der Waals surface area contributed by atoms with Crippen molar-refractivity contribution in [3.63, 3.8) is 0 Å². The van der Waals surface area contributed by atoms with Gasteiger partial charge in [-0.1, -0.05) is 0 Å². The van der Waals surface area contributed by atoms with Crippen LogP contribution in [0.3, 0.4) is 0 Å². The first kappa shape index (κ1) is 14.8. The highest BCUT2D eigenvalue weighted by molar-refractivity contribution is 5.73. The van der Waals surface area contributed by atoms with Crippen LogP contribution in [0.25, 0.3) is 0 Å². The quantitative estimate of drug-likeness (QED) is 0.765. The molecule has 5 nitrogen and oxygen atoms in total. The fourth-order valence-corrected chi connectivity index (χ4v) is 1.46. The Bertz CT molecular complexity index is 512. The largest absolute Gasteiger partial charge is 0.495 e. The van der Waals surface area contributed by atoms with E-state index < -0.39 is 18.1 Å². The normalized spacial score (nSPS) is 10.1. The highest BCUT2D eigenvalue weighted by Crippen LogP contribution is 2.27. The lowest BCUT2D eigenvalue weighted by Gasteiger charge is -2.10. The zero-order chi connectivity index (χ0) is 14.4. The maximum Gasteiger partial charge on any atom is 0.312 e. The van der Waals surface area contributed by atoms with E-state index in [9.17, 15) is 13.6 Å². The lowest BCUT2D eigenvalue weighted by Crippen LogP contribution is -2.12. The Morgan fingerprint density at radius 1 is 1.58 bits per heavy atom. The summed E-state index contributed by atoms with van der Waals surface area (Å²) in [6.07, 6.45) is -3.19.